The van der Waals surface area contributed by atoms with E-state index in [4.69, 9.17) is 5.73 Å². The Kier molecular flexibility index (Phi) is 3.38. The first kappa shape index (κ1) is 11.5. The monoisotopic (exact) mass is 252 g/mol. The van der Waals surface area contributed by atoms with Gasteiger partial charge in [0.15, 0.2) is 5.16 Å². The minimum Gasteiger partial charge on any atom is -0.327 e. The summed E-state index contributed by atoms with van der Waals surface area (Å²) in [6, 6.07) is 0.346. The van der Waals surface area contributed by atoms with Crippen LogP contribution >= 0.6 is 11.8 Å². The molecule has 1 aliphatic heterocycles. The lowest BCUT2D eigenvalue weighted by Gasteiger charge is -2.10. The third-order valence-electron chi connectivity index (χ3n) is 3.71. The van der Waals surface area contributed by atoms with Gasteiger partial charge in [-0.15, -0.1) is 10.2 Å². The highest BCUT2D eigenvalue weighted by atomic mass is 32.2. The summed E-state index contributed by atoms with van der Waals surface area (Å²) in [5.74, 6) is 2.93. The zero-order valence-corrected chi connectivity index (χ0v) is 11.0. The molecule has 94 valence electrons. The second-order valence-corrected chi connectivity index (χ2v) is 6.16. The molecule has 2 heterocycles. The summed E-state index contributed by atoms with van der Waals surface area (Å²) in [6.45, 7) is 1.09. The van der Waals surface area contributed by atoms with Crippen molar-refractivity contribution >= 4 is 11.8 Å². The molecule has 17 heavy (non-hydrogen) atoms. The van der Waals surface area contributed by atoms with Crippen molar-refractivity contribution in [3.8, 4) is 0 Å². The lowest BCUT2D eigenvalue weighted by molar-refractivity contribution is 0.589. The number of thioether (sulfide) groups is 1. The second kappa shape index (κ2) is 4.98. The lowest BCUT2D eigenvalue weighted by Crippen LogP contribution is -2.25. The average Bonchev–Trinajstić information content (AvgIpc) is 3.13. The topological polar surface area (TPSA) is 56.7 Å². The lowest BCUT2D eigenvalue weighted by atomic mass is 10.2. The number of rotatable bonds is 4. The van der Waals surface area contributed by atoms with E-state index in [2.05, 4.69) is 14.8 Å². The fraction of sp³-hybridized carbons (Fsp3) is 0.833. The molecule has 0 aromatic carbocycles. The number of hydrogen-bond acceptors (Lipinski definition) is 4. The van der Waals surface area contributed by atoms with E-state index >= 15 is 0 Å². The molecular formula is C12H20N4S. The second-order valence-electron chi connectivity index (χ2n) is 5.17. The molecule has 5 heteroatoms. The van der Waals surface area contributed by atoms with Gasteiger partial charge in [0.1, 0.15) is 5.82 Å². The fourth-order valence-corrected chi connectivity index (χ4v) is 3.46. The summed E-state index contributed by atoms with van der Waals surface area (Å²) >= 11 is 1.79. The van der Waals surface area contributed by atoms with Crippen LogP contribution < -0.4 is 5.73 Å². The van der Waals surface area contributed by atoms with Crippen molar-refractivity contribution in [3.05, 3.63) is 5.82 Å². The Labute approximate surface area is 106 Å². The van der Waals surface area contributed by atoms with Crippen molar-refractivity contribution < 1.29 is 0 Å². The van der Waals surface area contributed by atoms with Gasteiger partial charge in [-0.05, 0) is 31.6 Å². The van der Waals surface area contributed by atoms with Crippen molar-refractivity contribution in [2.24, 2.45) is 11.7 Å². The molecule has 1 aromatic heterocycles. The van der Waals surface area contributed by atoms with Crippen molar-refractivity contribution in [1.29, 1.82) is 0 Å². The number of aromatic nitrogens is 3. The SMILES string of the molecule is NC(CSc1nnc2n1CCCCC2)C1CC1. The van der Waals surface area contributed by atoms with Gasteiger partial charge in [0.2, 0.25) is 0 Å². The van der Waals surface area contributed by atoms with E-state index in [1.54, 1.807) is 11.8 Å². The molecule has 1 aliphatic carbocycles. The zero-order chi connectivity index (χ0) is 11.7. The van der Waals surface area contributed by atoms with E-state index in [0.29, 0.717) is 6.04 Å². The molecule has 0 saturated heterocycles. The van der Waals surface area contributed by atoms with Crippen molar-refractivity contribution in [1.82, 2.24) is 14.8 Å². The van der Waals surface area contributed by atoms with Gasteiger partial charge >= 0.3 is 0 Å². The normalized spacial score (nSPS) is 21.9. The Morgan fingerprint density at radius 2 is 2.18 bits per heavy atom. The van der Waals surface area contributed by atoms with Crippen molar-refractivity contribution in [2.45, 2.75) is 56.3 Å². The summed E-state index contributed by atoms with van der Waals surface area (Å²) in [5.41, 5.74) is 6.12. The molecule has 1 atom stereocenters. The van der Waals surface area contributed by atoms with E-state index in [1.165, 1.54) is 37.9 Å². The standard InChI is InChI=1S/C12H20N4S/c13-10(9-5-6-9)8-17-12-15-14-11-4-2-1-3-7-16(11)12/h9-10H,1-8,13H2. The summed E-state index contributed by atoms with van der Waals surface area (Å²) in [7, 11) is 0. The molecule has 0 spiro atoms. The van der Waals surface area contributed by atoms with Gasteiger partial charge in [0.05, 0.1) is 0 Å². The first-order valence-electron chi connectivity index (χ1n) is 6.65. The number of fused-ring (bicyclic) bond motifs is 1. The molecule has 0 radical (unpaired) electrons. The summed E-state index contributed by atoms with van der Waals surface area (Å²) in [6.07, 6.45) is 7.55. The minimum absolute atomic E-state index is 0.346. The van der Waals surface area contributed by atoms with Crippen LogP contribution in [0.15, 0.2) is 5.16 Å². The van der Waals surface area contributed by atoms with Crippen LogP contribution in [0, 0.1) is 5.92 Å². The molecule has 4 nitrogen and oxygen atoms in total. The zero-order valence-electron chi connectivity index (χ0n) is 10.1. The molecule has 2 aliphatic rings. The van der Waals surface area contributed by atoms with E-state index < -0.39 is 0 Å². The quantitative estimate of drug-likeness (QED) is 0.831. The van der Waals surface area contributed by atoms with Gasteiger partial charge in [-0.1, -0.05) is 18.2 Å². The van der Waals surface area contributed by atoms with Gasteiger partial charge in [0.25, 0.3) is 0 Å². The predicted molar refractivity (Wildman–Crippen MR) is 69.0 cm³/mol. The molecule has 1 saturated carbocycles. The number of hydrogen-bond donors (Lipinski definition) is 1. The fourth-order valence-electron chi connectivity index (χ4n) is 2.40. The van der Waals surface area contributed by atoms with Crippen LogP contribution in [0.5, 0.6) is 0 Å². The third kappa shape index (κ3) is 2.65. The maximum Gasteiger partial charge on any atom is 0.191 e. The highest BCUT2D eigenvalue weighted by Crippen LogP contribution is 2.34. The first-order chi connectivity index (χ1) is 8.34. The van der Waals surface area contributed by atoms with Crippen molar-refractivity contribution in [3.63, 3.8) is 0 Å². The maximum atomic E-state index is 6.12. The van der Waals surface area contributed by atoms with E-state index in [0.717, 1.165) is 29.8 Å². The molecule has 1 aromatic rings. The van der Waals surface area contributed by atoms with Gasteiger partial charge in [-0.3, -0.25) is 0 Å². The van der Waals surface area contributed by atoms with Gasteiger partial charge < -0.3 is 10.3 Å². The molecular weight excluding hydrogens is 232 g/mol. The van der Waals surface area contributed by atoms with Gasteiger partial charge in [0, 0.05) is 24.8 Å². The van der Waals surface area contributed by atoms with Crippen LogP contribution in [-0.4, -0.2) is 26.6 Å². The van der Waals surface area contributed by atoms with E-state index in [9.17, 15) is 0 Å². The molecule has 3 rings (SSSR count). The number of nitrogens with two attached hydrogens (primary N) is 1. The van der Waals surface area contributed by atoms with Crippen LogP contribution in [-0.2, 0) is 13.0 Å². The summed E-state index contributed by atoms with van der Waals surface area (Å²) in [4.78, 5) is 0. The van der Waals surface area contributed by atoms with Crippen LogP contribution in [0.2, 0.25) is 0 Å². The highest BCUT2D eigenvalue weighted by molar-refractivity contribution is 7.99. The van der Waals surface area contributed by atoms with Gasteiger partial charge in [-0.25, -0.2) is 0 Å². The number of aryl methyl sites for hydroxylation is 1. The Bertz CT molecular complexity index is 386. The minimum atomic E-state index is 0.346. The molecule has 0 bridgehead atoms. The summed E-state index contributed by atoms with van der Waals surface area (Å²) in [5, 5.41) is 9.70. The largest absolute Gasteiger partial charge is 0.327 e. The van der Waals surface area contributed by atoms with Gasteiger partial charge in [-0.2, -0.15) is 0 Å². The van der Waals surface area contributed by atoms with E-state index in [1.807, 2.05) is 0 Å². The smallest absolute Gasteiger partial charge is 0.191 e. The molecule has 1 unspecified atom stereocenters. The van der Waals surface area contributed by atoms with Crippen LogP contribution in [0.4, 0.5) is 0 Å². The van der Waals surface area contributed by atoms with Crippen LogP contribution in [0.1, 0.15) is 37.9 Å². The first-order valence-corrected chi connectivity index (χ1v) is 7.63. The molecule has 0 amide bonds. The van der Waals surface area contributed by atoms with Crippen LogP contribution in [0.25, 0.3) is 0 Å². The average molecular weight is 252 g/mol. The highest BCUT2D eigenvalue weighted by Gasteiger charge is 2.28. The predicted octanol–water partition coefficient (Wildman–Crippen LogP) is 1.83. The molecule has 2 N–H and O–H groups in total. The van der Waals surface area contributed by atoms with Crippen LogP contribution in [0.3, 0.4) is 0 Å². The Morgan fingerprint density at radius 3 is 3.00 bits per heavy atom. The Balaban J connectivity index is 1.64. The summed E-state index contributed by atoms with van der Waals surface area (Å²) < 4.78 is 2.30. The third-order valence-corrected chi connectivity index (χ3v) is 4.82. The van der Waals surface area contributed by atoms with E-state index in [-0.39, 0.29) is 0 Å². The number of nitrogens with zero attached hydrogens (tertiary/aromatic N) is 3. The Hall–Kier alpha value is -0.550. The Morgan fingerprint density at radius 1 is 1.29 bits per heavy atom. The van der Waals surface area contributed by atoms with Crippen molar-refractivity contribution in [2.75, 3.05) is 5.75 Å². The molecule has 1 fully saturated rings. The maximum absolute atomic E-state index is 6.12.